The number of benzene rings is 1. The molecule has 1 aromatic rings. The summed E-state index contributed by atoms with van der Waals surface area (Å²) in [6.45, 7) is 2.96. The lowest BCUT2D eigenvalue weighted by atomic mass is 10.1. The first-order valence-corrected chi connectivity index (χ1v) is 8.66. The highest BCUT2D eigenvalue weighted by Crippen LogP contribution is 2.27. The number of amides is 2. The van der Waals surface area contributed by atoms with Crippen molar-refractivity contribution in [2.45, 2.75) is 38.3 Å². The highest BCUT2D eigenvalue weighted by Gasteiger charge is 2.38. The van der Waals surface area contributed by atoms with Gasteiger partial charge in [0.25, 0.3) is 0 Å². The van der Waals surface area contributed by atoms with E-state index < -0.39 is 0 Å². The second-order valence-electron chi connectivity index (χ2n) is 6.41. The smallest absolute Gasteiger partial charge is 0.338 e. The number of rotatable bonds is 5. The van der Waals surface area contributed by atoms with Crippen molar-refractivity contribution in [3.8, 4) is 0 Å². The van der Waals surface area contributed by atoms with Gasteiger partial charge in [-0.25, -0.2) is 4.79 Å². The van der Waals surface area contributed by atoms with Crippen molar-refractivity contribution in [3.63, 3.8) is 0 Å². The lowest BCUT2D eigenvalue weighted by Gasteiger charge is -2.26. The molecule has 0 spiro atoms. The van der Waals surface area contributed by atoms with Gasteiger partial charge in [-0.3, -0.25) is 14.5 Å². The van der Waals surface area contributed by atoms with E-state index in [9.17, 15) is 14.4 Å². The van der Waals surface area contributed by atoms with E-state index in [0.717, 1.165) is 12.8 Å². The van der Waals surface area contributed by atoms with Crippen LogP contribution in [0, 0.1) is 0 Å². The van der Waals surface area contributed by atoms with Crippen LogP contribution in [0.25, 0.3) is 0 Å². The van der Waals surface area contributed by atoms with Crippen LogP contribution in [0.5, 0.6) is 0 Å². The SMILES string of the molecule is CCOC(=O)c1ccc(NC(=O)CN2C3CCC2CC(=O)NC3)cc1. The molecule has 7 nitrogen and oxygen atoms in total. The molecule has 1 aromatic carbocycles. The zero-order valence-corrected chi connectivity index (χ0v) is 14.3. The lowest BCUT2D eigenvalue weighted by molar-refractivity contribution is -0.122. The van der Waals surface area contributed by atoms with Crippen molar-refractivity contribution < 1.29 is 19.1 Å². The van der Waals surface area contributed by atoms with E-state index in [4.69, 9.17) is 4.74 Å². The summed E-state index contributed by atoms with van der Waals surface area (Å²) in [7, 11) is 0. The van der Waals surface area contributed by atoms with Crippen LogP contribution in [0.4, 0.5) is 5.69 Å². The molecule has 3 rings (SSSR count). The van der Waals surface area contributed by atoms with Gasteiger partial charge in [0.1, 0.15) is 0 Å². The minimum atomic E-state index is -0.376. The Bertz CT molecular complexity index is 659. The molecule has 7 heteroatoms. The largest absolute Gasteiger partial charge is 0.462 e. The van der Waals surface area contributed by atoms with Gasteiger partial charge in [-0.2, -0.15) is 0 Å². The summed E-state index contributed by atoms with van der Waals surface area (Å²) >= 11 is 0. The molecule has 2 unspecified atom stereocenters. The van der Waals surface area contributed by atoms with Crippen LogP contribution in [0.2, 0.25) is 0 Å². The Morgan fingerprint density at radius 3 is 2.68 bits per heavy atom. The summed E-state index contributed by atoms with van der Waals surface area (Å²) in [6, 6.07) is 7.01. The number of nitrogens with one attached hydrogen (secondary N) is 2. The van der Waals surface area contributed by atoms with Crippen LogP contribution >= 0.6 is 0 Å². The van der Waals surface area contributed by atoms with Crippen LogP contribution in [0.3, 0.4) is 0 Å². The maximum Gasteiger partial charge on any atom is 0.338 e. The fraction of sp³-hybridized carbons (Fsp3) is 0.500. The number of fused-ring (bicyclic) bond motifs is 2. The Morgan fingerprint density at radius 2 is 1.96 bits per heavy atom. The van der Waals surface area contributed by atoms with E-state index in [-0.39, 0.29) is 36.4 Å². The van der Waals surface area contributed by atoms with Crippen molar-refractivity contribution in [2.75, 3.05) is 25.0 Å². The molecule has 2 aliphatic heterocycles. The molecule has 2 aliphatic rings. The number of carbonyl (C=O) groups is 3. The van der Waals surface area contributed by atoms with Gasteiger partial charge in [0.15, 0.2) is 0 Å². The van der Waals surface area contributed by atoms with Gasteiger partial charge in [-0.15, -0.1) is 0 Å². The van der Waals surface area contributed by atoms with Gasteiger partial charge in [0.05, 0.1) is 18.7 Å². The van der Waals surface area contributed by atoms with Crippen LogP contribution in [0.15, 0.2) is 24.3 Å². The summed E-state index contributed by atoms with van der Waals surface area (Å²) < 4.78 is 4.93. The van der Waals surface area contributed by atoms with Gasteiger partial charge in [0, 0.05) is 30.7 Å². The van der Waals surface area contributed by atoms with Gasteiger partial charge < -0.3 is 15.4 Å². The highest BCUT2D eigenvalue weighted by molar-refractivity contribution is 5.94. The molecule has 25 heavy (non-hydrogen) atoms. The van der Waals surface area contributed by atoms with Crippen molar-refractivity contribution >= 4 is 23.5 Å². The normalized spacial score (nSPS) is 22.8. The van der Waals surface area contributed by atoms with Crippen molar-refractivity contribution in [3.05, 3.63) is 29.8 Å². The van der Waals surface area contributed by atoms with Crippen LogP contribution in [0.1, 0.15) is 36.5 Å². The minimum Gasteiger partial charge on any atom is -0.462 e. The van der Waals surface area contributed by atoms with E-state index in [1.165, 1.54) is 0 Å². The average molecular weight is 345 g/mol. The maximum atomic E-state index is 12.4. The number of nitrogens with zero attached hydrogens (tertiary/aromatic N) is 1. The van der Waals surface area contributed by atoms with E-state index in [1.807, 2.05) is 0 Å². The first kappa shape index (κ1) is 17.4. The number of carbonyl (C=O) groups excluding carboxylic acids is 3. The van der Waals surface area contributed by atoms with Crippen molar-refractivity contribution in [1.82, 2.24) is 10.2 Å². The predicted molar refractivity (Wildman–Crippen MR) is 92.2 cm³/mol. The Labute approximate surface area is 146 Å². The first-order chi connectivity index (χ1) is 12.1. The minimum absolute atomic E-state index is 0.0622. The molecule has 0 radical (unpaired) electrons. The summed E-state index contributed by atoms with van der Waals surface area (Å²) in [4.78, 5) is 37.8. The molecule has 0 aliphatic carbocycles. The Hall–Kier alpha value is -2.41. The van der Waals surface area contributed by atoms with Crippen molar-refractivity contribution in [1.29, 1.82) is 0 Å². The quantitative estimate of drug-likeness (QED) is 0.782. The second-order valence-corrected chi connectivity index (χ2v) is 6.41. The molecule has 2 atom stereocenters. The molecule has 2 fully saturated rings. The van der Waals surface area contributed by atoms with E-state index >= 15 is 0 Å². The lowest BCUT2D eigenvalue weighted by Crippen LogP contribution is -2.42. The number of esters is 1. The number of anilines is 1. The fourth-order valence-corrected chi connectivity index (χ4v) is 3.50. The van der Waals surface area contributed by atoms with Crippen LogP contribution in [-0.2, 0) is 14.3 Å². The number of hydrogen-bond acceptors (Lipinski definition) is 5. The standard InChI is InChI=1S/C18H23N3O4/c1-2-25-18(24)12-3-5-13(6-4-12)20-17(23)11-21-14-7-8-15(21)10-19-16(22)9-14/h3-6,14-15H,2,7-11H2,1H3,(H,19,22)(H,20,23). The Morgan fingerprint density at radius 1 is 1.24 bits per heavy atom. The zero-order valence-electron chi connectivity index (χ0n) is 14.3. The summed E-state index contributed by atoms with van der Waals surface area (Å²) in [5.74, 6) is -0.430. The molecular formula is C18H23N3O4. The van der Waals surface area contributed by atoms with E-state index in [0.29, 0.717) is 30.8 Å². The second kappa shape index (κ2) is 7.65. The van der Waals surface area contributed by atoms with Gasteiger partial charge >= 0.3 is 5.97 Å². The van der Waals surface area contributed by atoms with Gasteiger partial charge in [-0.05, 0) is 44.0 Å². The summed E-state index contributed by atoms with van der Waals surface area (Å²) in [5.41, 5.74) is 1.09. The topological polar surface area (TPSA) is 87.7 Å². The Balaban J connectivity index is 1.57. The average Bonchev–Trinajstić information content (AvgIpc) is 2.86. The zero-order chi connectivity index (χ0) is 17.8. The van der Waals surface area contributed by atoms with E-state index in [2.05, 4.69) is 15.5 Å². The predicted octanol–water partition coefficient (Wildman–Crippen LogP) is 1.15. The first-order valence-electron chi connectivity index (χ1n) is 8.66. The van der Waals surface area contributed by atoms with Crippen LogP contribution in [-0.4, -0.2) is 54.5 Å². The molecule has 134 valence electrons. The Kier molecular flexibility index (Phi) is 5.33. The molecular weight excluding hydrogens is 322 g/mol. The molecule has 2 N–H and O–H groups in total. The summed E-state index contributed by atoms with van der Waals surface area (Å²) in [5, 5.41) is 5.75. The molecule has 0 aromatic heterocycles. The monoisotopic (exact) mass is 345 g/mol. The number of hydrogen-bond donors (Lipinski definition) is 2. The maximum absolute atomic E-state index is 12.4. The van der Waals surface area contributed by atoms with Gasteiger partial charge in [0.2, 0.25) is 11.8 Å². The third kappa shape index (κ3) is 4.17. The molecule has 0 saturated carbocycles. The molecule has 2 heterocycles. The van der Waals surface area contributed by atoms with Crippen molar-refractivity contribution in [2.24, 2.45) is 0 Å². The molecule has 2 amide bonds. The van der Waals surface area contributed by atoms with Crippen LogP contribution < -0.4 is 10.6 Å². The number of ether oxygens (including phenoxy) is 1. The van der Waals surface area contributed by atoms with E-state index in [1.54, 1.807) is 31.2 Å². The molecule has 2 bridgehead atoms. The molecule has 2 saturated heterocycles. The fourth-order valence-electron chi connectivity index (χ4n) is 3.50. The third-order valence-electron chi connectivity index (χ3n) is 4.73. The van der Waals surface area contributed by atoms with Gasteiger partial charge in [-0.1, -0.05) is 0 Å². The third-order valence-corrected chi connectivity index (χ3v) is 4.73. The highest BCUT2D eigenvalue weighted by atomic mass is 16.5. The summed E-state index contributed by atoms with van der Waals surface area (Å²) in [6.07, 6.45) is 2.42.